The number of hydrogen-bond donors (Lipinski definition) is 5. The van der Waals surface area contributed by atoms with Crippen LogP contribution in [0.4, 0.5) is 10.1 Å². The van der Waals surface area contributed by atoms with E-state index < -0.39 is 5.82 Å². The van der Waals surface area contributed by atoms with Crippen LogP contribution in [-0.2, 0) is 9.53 Å². The van der Waals surface area contributed by atoms with Gasteiger partial charge >= 0.3 is 0 Å². The van der Waals surface area contributed by atoms with Crippen LogP contribution in [0.1, 0.15) is 25.3 Å². The Hall–Kier alpha value is -3.20. The fraction of sp³-hybridized carbons (Fsp3) is 0.409. The quantitative estimate of drug-likeness (QED) is 0.338. The third-order valence-corrected chi connectivity index (χ3v) is 5.42. The first-order chi connectivity index (χ1) is 14.9. The molecule has 9 heteroatoms. The number of nitrogens with zero attached hydrogens (tertiary/aromatic N) is 1. The van der Waals surface area contributed by atoms with E-state index in [2.05, 4.69) is 16.0 Å². The minimum atomic E-state index is -0.523. The monoisotopic (exact) mass is 428 g/mol. The Morgan fingerprint density at radius 3 is 2.81 bits per heavy atom. The molecule has 3 rings (SSSR count). The lowest BCUT2D eigenvalue weighted by Gasteiger charge is -2.32. The average molecular weight is 429 g/mol. The summed E-state index contributed by atoms with van der Waals surface area (Å²) >= 11 is 0. The van der Waals surface area contributed by atoms with E-state index in [9.17, 15) is 9.18 Å². The van der Waals surface area contributed by atoms with Gasteiger partial charge in [-0.15, -0.1) is 0 Å². The second kappa shape index (κ2) is 10.2. The van der Waals surface area contributed by atoms with Crippen molar-refractivity contribution >= 4 is 29.2 Å². The van der Waals surface area contributed by atoms with E-state index in [0.29, 0.717) is 49.4 Å². The van der Waals surface area contributed by atoms with Crippen LogP contribution >= 0.6 is 0 Å². The number of amides is 1. The van der Waals surface area contributed by atoms with Gasteiger partial charge in [-0.1, -0.05) is 6.07 Å². The van der Waals surface area contributed by atoms with Crippen molar-refractivity contribution in [2.24, 2.45) is 0 Å². The largest absolute Gasteiger partial charge is 0.393 e. The molecule has 0 unspecified atom stereocenters. The molecule has 1 aromatic carbocycles. The summed E-state index contributed by atoms with van der Waals surface area (Å²) < 4.78 is 20.2. The molecule has 2 aliphatic rings. The van der Waals surface area contributed by atoms with Gasteiger partial charge in [0.15, 0.2) is 0 Å². The van der Waals surface area contributed by atoms with Crippen LogP contribution in [0.25, 0.3) is 5.57 Å². The molecule has 0 aliphatic carbocycles. The summed E-state index contributed by atoms with van der Waals surface area (Å²) in [5.41, 5.74) is 2.80. The molecule has 0 radical (unpaired) electrons. The van der Waals surface area contributed by atoms with Crippen molar-refractivity contribution < 1.29 is 13.9 Å². The van der Waals surface area contributed by atoms with Crippen LogP contribution in [-0.4, -0.2) is 62.3 Å². The summed E-state index contributed by atoms with van der Waals surface area (Å²) in [7, 11) is 1.71. The van der Waals surface area contributed by atoms with Crippen LogP contribution in [0.15, 0.2) is 35.7 Å². The van der Waals surface area contributed by atoms with E-state index in [-0.39, 0.29) is 23.5 Å². The number of amidine groups is 1. The molecule has 0 aromatic heterocycles. The molecule has 2 heterocycles. The van der Waals surface area contributed by atoms with Crippen molar-refractivity contribution in [1.29, 1.82) is 10.8 Å². The minimum Gasteiger partial charge on any atom is -0.393 e. The highest BCUT2D eigenvalue weighted by Crippen LogP contribution is 2.23. The van der Waals surface area contributed by atoms with Crippen molar-refractivity contribution in [3.05, 3.63) is 47.0 Å². The van der Waals surface area contributed by atoms with Crippen LogP contribution in [0.5, 0.6) is 0 Å². The Labute approximate surface area is 181 Å². The predicted molar refractivity (Wildman–Crippen MR) is 120 cm³/mol. The summed E-state index contributed by atoms with van der Waals surface area (Å²) in [6, 6.07) is 4.75. The van der Waals surface area contributed by atoms with E-state index in [0.717, 1.165) is 18.3 Å². The standard InChI is InChI=1S/C22H29FN6O2/c1-14(30)29-7-5-20(27-17-6-8-31-13-17)18(12-29)22(25)28-21-4-3-15(9-19(21)23)16(10-24)11-26-2/h3-4,9-11,17,24,26-27H,5-8,12-13H2,1-2H3,(H2,25,28)/b16-11+,24-10?/t17-/m1/s1. The molecule has 5 N–H and O–H groups in total. The van der Waals surface area contributed by atoms with Gasteiger partial charge in [-0.3, -0.25) is 10.2 Å². The van der Waals surface area contributed by atoms with Crippen LogP contribution in [0, 0.1) is 16.6 Å². The summed E-state index contributed by atoms with van der Waals surface area (Å²) in [5.74, 6) is -0.527. The number of ether oxygens (including phenoxy) is 1. The number of halogens is 1. The molecule has 8 nitrogen and oxygen atoms in total. The van der Waals surface area contributed by atoms with Gasteiger partial charge in [0.05, 0.1) is 24.9 Å². The molecule has 1 amide bonds. The van der Waals surface area contributed by atoms with Gasteiger partial charge in [0.2, 0.25) is 5.91 Å². The molecule has 1 atom stereocenters. The van der Waals surface area contributed by atoms with Gasteiger partial charge in [-0.25, -0.2) is 4.39 Å². The number of anilines is 1. The second-order valence-corrected chi connectivity index (χ2v) is 7.58. The fourth-order valence-corrected chi connectivity index (χ4v) is 3.69. The third-order valence-electron chi connectivity index (χ3n) is 5.42. The molecular formula is C22H29FN6O2. The molecular weight excluding hydrogens is 399 g/mol. The van der Waals surface area contributed by atoms with E-state index in [1.54, 1.807) is 30.3 Å². The maximum atomic E-state index is 14.7. The number of nitrogens with one attached hydrogen (secondary N) is 5. The summed E-state index contributed by atoms with van der Waals surface area (Å²) in [6.45, 7) is 3.69. The summed E-state index contributed by atoms with van der Waals surface area (Å²) in [4.78, 5) is 13.6. The molecule has 0 spiro atoms. The zero-order valence-electron chi connectivity index (χ0n) is 17.8. The Morgan fingerprint density at radius 2 is 2.19 bits per heavy atom. The first-order valence-corrected chi connectivity index (χ1v) is 10.3. The van der Waals surface area contributed by atoms with Crippen molar-refractivity contribution in [3.8, 4) is 0 Å². The Bertz CT molecular complexity index is 921. The zero-order valence-corrected chi connectivity index (χ0v) is 17.8. The van der Waals surface area contributed by atoms with Crippen molar-refractivity contribution in [2.45, 2.75) is 25.8 Å². The number of rotatable bonds is 7. The minimum absolute atomic E-state index is 0.0528. The van der Waals surface area contributed by atoms with Crippen LogP contribution in [0.3, 0.4) is 0 Å². The van der Waals surface area contributed by atoms with Gasteiger partial charge in [0, 0.05) is 62.8 Å². The molecule has 2 aliphatic heterocycles. The number of carbonyl (C=O) groups is 1. The highest BCUT2D eigenvalue weighted by atomic mass is 19.1. The topological polar surface area (TPSA) is 113 Å². The van der Waals surface area contributed by atoms with Gasteiger partial charge in [-0.2, -0.15) is 0 Å². The SMILES string of the molecule is CN/C=C(\C=N)c1ccc(NC(=N)C2=C(N[C@@H]3CCOC3)CCN(C(C)=O)C2)c(F)c1. The highest BCUT2D eigenvalue weighted by molar-refractivity contribution is 6.09. The smallest absolute Gasteiger partial charge is 0.219 e. The van der Waals surface area contributed by atoms with Gasteiger partial charge in [-0.05, 0) is 24.1 Å². The van der Waals surface area contributed by atoms with E-state index in [1.165, 1.54) is 13.0 Å². The highest BCUT2D eigenvalue weighted by Gasteiger charge is 2.26. The molecule has 1 saturated heterocycles. The number of carbonyl (C=O) groups excluding carboxylic acids is 1. The number of allylic oxidation sites excluding steroid dienone is 1. The Kier molecular flexibility index (Phi) is 7.41. The first-order valence-electron chi connectivity index (χ1n) is 10.3. The second-order valence-electron chi connectivity index (χ2n) is 7.58. The molecule has 0 bridgehead atoms. The lowest BCUT2D eigenvalue weighted by Crippen LogP contribution is -2.42. The van der Waals surface area contributed by atoms with Crippen LogP contribution < -0.4 is 16.0 Å². The maximum Gasteiger partial charge on any atom is 0.219 e. The summed E-state index contributed by atoms with van der Waals surface area (Å²) in [5, 5.41) is 25.2. The molecule has 1 fully saturated rings. The van der Waals surface area contributed by atoms with Gasteiger partial charge in [0.1, 0.15) is 11.7 Å². The summed E-state index contributed by atoms with van der Waals surface area (Å²) in [6.07, 6.45) is 4.26. The maximum absolute atomic E-state index is 14.7. The zero-order chi connectivity index (χ0) is 22.4. The van der Waals surface area contributed by atoms with Crippen LogP contribution in [0.2, 0.25) is 0 Å². The van der Waals surface area contributed by atoms with Crippen molar-refractivity contribution in [2.75, 3.05) is 38.7 Å². The van der Waals surface area contributed by atoms with Crippen molar-refractivity contribution in [3.63, 3.8) is 0 Å². The molecule has 1 aromatic rings. The number of hydrogen-bond acceptors (Lipinski definition) is 6. The van der Waals surface area contributed by atoms with Gasteiger partial charge < -0.3 is 31.0 Å². The van der Waals surface area contributed by atoms with Gasteiger partial charge in [0.25, 0.3) is 0 Å². The van der Waals surface area contributed by atoms with E-state index in [1.807, 2.05) is 0 Å². The molecule has 166 valence electrons. The Morgan fingerprint density at radius 1 is 1.39 bits per heavy atom. The molecule has 31 heavy (non-hydrogen) atoms. The lowest BCUT2D eigenvalue weighted by atomic mass is 10.0. The lowest BCUT2D eigenvalue weighted by molar-refractivity contribution is -0.128. The third kappa shape index (κ3) is 5.49. The number of benzene rings is 1. The first kappa shape index (κ1) is 22.5. The van der Waals surface area contributed by atoms with E-state index >= 15 is 0 Å². The average Bonchev–Trinajstić information content (AvgIpc) is 3.26. The normalized spacial score (nSPS) is 19.3. The van der Waals surface area contributed by atoms with E-state index in [4.69, 9.17) is 15.6 Å². The fourth-order valence-electron chi connectivity index (χ4n) is 3.69. The Balaban J connectivity index is 1.82. The van der Waals surface area contributed by atoms with Crippen molar-refractivity contribution in [1.82, 2.24) is 15.5 Å². The predicted octanol–water partition coefficient (Wildman–Crippen LogP) is 2.31. The molecule has 0 saturated carbocycles.